The zero-order valence-corrected chi connectivity index (χ0v) is 18.3. The molecule has 0 aliphatic rings. The fourth-order valence-electron chi connectivity index (χ4n) is 2.81. The van der Waals surface area contributed by atoms with E-state index in [1.165, 1.54) is 0 Å². The van der Waals surface area contributed by atoms with Crippen molar-refractivity contribution in [1.29, 1.82) is 0 Å². The van der Waals surface area contributed by atoms with Crippen LogP contribution in [0, 0.1) is 0 Å². The minimum atomic E-state index is 0.585. The molecule has 5 nitrogen and oxygen atoms in total. The van der Waals surface area contributed by atoms with Crippen LogP contribution in [0.5, 0.6) is 23.0 Å². The van der Waals surface area contributed by atoms with E-state index in [0.29, 0.717) is 17.2 Å². The van der Waals surface area contributed by atoms with Gasteiger partial charge < -0.3 is 23.7 Å². The number of hydrogen-bond acceptors (Lipinski definition) is 6. The van der Waals surface area contributed by atoms with E-state index < -0.39 is 0 Å². The molecule has 0 saturated heterocycles. The lowest BCUT2D eigenvalue weighted by molar-refractivity contribution is 0.324. The van der Waals surface area contributed by atoms with Crippen LogP contribution in [0.1, 0.15) is 11.1 Å². The summed E-state index contributed by atoms with van der Waals surface area (Å²) >= 11 is 1.56. The molecule has 3 aromatic carbocycles. The zero-order chi connectivity index (χ0) is 21.3. The summed E-state index contributed by atoms with van der Waals surface area (Å²) in [5.41, 5.74) is 3.08. The summed E-state index contributed by atoms with van der Waals surface area (Å²) in [6.45, 7) is 0. The molecule has 3 rings (SSSR count). The van der Waals surface area contributed by atoms with E-state index in [1.807, 2.05) is 60.7 Å². The Morgan fingerprint density at radius 1 is 0.667 bits per heavy atom. The molecule has 156 valence electrons. The van der Waals surface area contributed by atoms with Gasteiger partial charge in [0, 0.05) is 10.6 Å². The monoisotopic (exact) mass is 423 g/mol. The van der Waals surface area contributed by atoms with E-state index >= 15 is 0 Å². The average molecular weight is 424 g/mol. The minimum Gasteiger partial charge on any atom is -0.497 e. The first kappa shape index (κ1) is 21.5. The van der Waals surface area contributed by atoms with Crippen LogP contribution in [0.3, 0.4) is 0 Å². The smallest absolute Gasteiger partial charge is 0.203 e. The van der Waals surface area contributed by atoms with Crippen LogP contribution < -0.4 is 23.7 Å². The molecule has 0 heterocycles. The summed E-state index contributed by atoms with van der Waals surface area (Å²) in [5.74, 6) is 2.70. The van der Waals surface area contributed by atoms with E-state index in [-0.39, 0.29) is 0 Å². The predicted molar refractivity (Wildman–Crippen MR) is 124 cm³/mol. The van der Waals surface area contributed by atoms with Gasteiger partial charge in [-0.1, -0.05) is 24.3 Å². The second-order valence-electron chi connectivity index (χ2n) is 6.29. The van der Waals surface area contributed by atoms with E-state index in [4.69, 9.17) is 18.9 Å². The Kier molecular flexibility index (Phi) is 7.51. The van der Waals surface area contributed by atoms with Crippen molar-refractivity contribution < 1.29 is 18.9 Å². The fourth-order valence-corrected chi connectivity index (χ4v) is 3.46. The van der Waals surface area contributed by atoms with Gasteiger partial charge in [0.15, 0.2) is 11.5 Å². The lowest BCUT2D eigenvalue weighted by atomic mass is 10.1. The number of methoxy groups -OCH3 is 4. The standard InChI is InChI=1S/C24H25NO4S/c1-26-20-11-13-21(14-12-20)30-25-19-9-7-17(8-10-19)5-6-18-15-22(27-2)24(29-4)23(16-18)28-3/h5-16,25H,1-4H3/b6-5-. The third-order valence-corrected chi connectivity index (χ3v) is 5.26. The van der Waals surface area contributed by atoms with E-state index in [1.54, 1.807) is 40.4 Å². The largest absolute Gasteiger partial charge is 0.497 e. The zero-order valence-electron chi connectivity index (χ0n) is 17.5. The maximum absolute atomic E-state index is 5.41. The molecule has 0 amide bonds. The first-order valence-corrected chi connectivity index (χ1v) is 10.1. The molecule has 0 saturated carbocycles. The average Bonchev–Trinajstić information content (AvgIpc) is 2.81. The Hall–Kier alpha value is -3.25. The first-order chi connectivity index (χ1) is 14.7. The van der Waals surface area contributed by atoms with Crippen molar-refractivity contribution >= 4 is 29.8 Å². The SMILES string of the molecule is COc1ccc(SNc2ccc(/C=C\c3cc(OC)c(OC)c(OC)c3)cc2)cc1. The van der Waals surface area contributed by atoms with Gasteiger partial charge in [-0.25, -0.2) is 0 Å². The second kappa shape index (κ2) is 10.5. The van der Waals surface area contributed by atoms with Crippen molar-refractivity contribution in [3.63, 3.8) is 0 Å². The Morgan fingerprint density at radius 2 is 1.27 bits per heavy atom. The molecule has 30 heavy (non-hydrogen) atoms. The quantitative estimate of drug-likeness (QED) is 0.336. The molecule has 6 heteroatoms. The lowest BCUT2D eigenvalue weighted by Gasteiger charge is -2.12. The Balaban J connectivity index is 1.65. The summed E-state index contributed by atoms with van der Waals surface area (Å²) in [4.78, 5) is 1.11. The van der Waals surface area contributed by atoms with E-state index in [2.05, 4.69) is 16.9 Å². The first-order valence-electron chi connectivity index (χ1n) is 9.32. The van der Waals surface area contributed by atoms with Crippen molar-refractivity contribution in [2.24, 2.45) is 0 Å². The fraction of sp³-hybridized carbons (Fsp3) is 0.167. The van der Waals surface area contributed by atoms with Crippen LogP contribution in [0.2, 0.25) is 0 Å². The van der Waals surface area contributed by atoms with Crippen LogP contribution in [-0.2, 0) is 0 Å². The number of rotatable bonds is 9. The van der Waals surface area contributed by atoms with Crippen molar-refractivity contribution in [3.8, 4) is 23.0 Å². The van der Waals surface area contributed by atoms with Gasteiger partial charge >= 0.3 is 0 Å². The van der Waals surface area contributed by atoms with Gasteiger partial charge in [-0.05, 0) is 71.6 Å². The summed E-state index contributed by atoms with van der Waals surface area (Å²) in [7, 11) is 6.48. The van der Waals surface area contributed by atoms with Gasteiger partial charge in [0.2, 0.25) is 5.75 Å². The van der Waals surface area contributed by atoms with E-state index in [9.17, 15) is 0 Å². The van der Waals surface area contributed by atoms with Gasteiger partial charge in [0.25, 0.3) is 0 Å². The number of benzene rings is 3. The summed E-state index contributed by atoms with van der Waals surface area (Å²) in [5, 5.41) is 0. The maximum atomic E-state index is 5.41. The molecule has 0 fully saturated rings. The minimum absolute atomic E-state index is 0.585. The van der Waals surface area contributed by atoms with Crippen LogP contribution in [0.25, 0.3) is 12.2 Å². The van der Waals surface area contributed by atoms with Gasteiger partial charge in [0.05, 0.1) is 28.4 Å². The third kappa shape index (κ3) is 5.42. The molecule has 0 aliphatic heterocycles. The van der Waals surface area contributed by atoms with Gasteiger partial charge in [-0.3, -0.25) is 0 Å². The highest BCUT2D eigenvalue weighted by Gasteiger charge is 2.11. The van der Waals surface area contributed by atoms with Gasteiger partial charge in [-0.15, -0.1) is 0 Å². The molecule has 0 unspecified atom stereocenters. The molecule has 3 aromatic rings. The molecule has 0 aliphatic carbocycles. The Bertz CT molecular complexity index is 960. The van der Waals surface area contributed by atoms with Crippen LogP contribution >= 0.6 is 11.9 Å². The molecule has 0 atom stereocenters. The summed E-state index contributed by atoms with van der Waals surface area (Å²) in [6.07, 6.45) is 4.06. The highest BCUT2D eigenvalue weighted by molar-refractivity contribution is 8.00. The van der Waals surface area contributed by atoms with Crippen LogP contribution in [0.4, 0.5) is 5.69 Å². The molecule has 0 bridgehead atoms. The summed E-state index contributed by atoms with van der Waals surface area (Å²) in [6, 6.07) is 20.0. The number of hydrogen-bond donors (Lipinski definition) is 1. The van der Waals surface area contributed by atoms with Crippen molar-refractivity contribution in [2.45, 2.75) is 4.90 Å². The van der Waals surface area contributed by atoms with Crippen molar-refractivity contribution in [3.05, 3.63) is 71.8 Å². The third-order valence-electron chi connectivity index (χ3n) is 4.41. The molecule has 0 spiro atoms. The second-order valence-corrected chi connectivity index (χ2v) is 7.17. The highest BCUT2D eigenvalue weighted by Crippen LogP contribution is 2.38. The van der Waals surface area contributed by atoms with Crippen LogP contribution in [-0.4, -0.2) is 28.4 Å². The lowest BCUT2D eigenvalue weighted by Crippen LogP contribution is -1.95. The number of ether oxygens (including phenoxy) is 4. The molecular weight excluding hydrogens is 398 g/mol. The summed E-state index contributed by atoms with van der Waals surface area (Å²) < 4.78 is 24.7. The number of anilines is 1. The predicted octanol–water partition coefficient (Wildman–Crippen LogP) is 6.01. The molecule has 0 aromatic heterocycles. The van der Waals surface area contributed by atoms with E-state index in [0.717, 1.165) is 27.5 Å². The highest BCUT2D eigenvalue weighted by atomic mass is 32.2. The Morgan fingerprint density at radius 3 is 1.80 bits per heavy atom. The van der Waals surface area contributed by atoms with Crippen molar-refractivity contribution in [2.75, 3.05) is 33.2 Å². The van der Waals surface area contributed by atoms with Crippen molar-refractivity contribution in [1.82, 2.24) is 0 Å². The normalized spacial score (nSPS) is 10.7. The number of nitrogens with one attached hydrogen (secondary N) is 1. The van der Waals surface area contributed by atoms with Gasteiger partial charge in [0.1, 0.15) is 5.75 Å². The molecule has 1 N–H and O–H groups in total. The van der Waals surface area contributed by atoms with Crippen LogP contribution in [0.15, 0.2) is 65.6 Å². The van der Waals surface area contributed by atoms with Gasteiger partial charge in [-0.2, -0.15) is 0 Å². The molecular formula is C24H25NO4S. The maximum Gasteiger partial charge on any atom is 0.203 e. The Labute approximate surface area is 181 Å². The topological polar surface area (TPSA) is 49.0 Å². The molecule has 0 radical (unpaired) electrons.